The first-order valence-electron chi connectivity index (χ1n) is 4.78. The van der Waals surface area contributed by atoms with Crippen LogP contribution in [0.4, 0.5) is 5.69 Å². The molecule has 76 valence electrons. The molecule has 2 N–H and O–H groups in total. The highest BCUT2D eigenvalue weighted by Gasteiger charge is 2.16. The van der Waals surface area contributed by atoms with Crippen molar-refractivity contribution in [2.75, 3.05) is 25.1 Å². The van der Waals surface area contributed by atoms with Crippen molar-refractivity contribution in [3.63, 3.8) is 0 Å². The van der Waals surface area contributed by atoms with Crippen LogP contribution in [-0.2, 0) is 0 Å². The van der Waals surface area contributed by atoms with Crippen molar-refractivity contribution in [2.45, 2.75) is 13.0 Å². The Morgan fingerprint density at radius 2 is 2.43 bits per heavy atom. The summed E-state index contributed by atoms with van der Waals surface area (Å²) < 4.78 is 5.48. The molecule has 0 aliphatic carbocycles. The zero-order valence-electron chi connectivity index (χ0n) is 8.53. The Labute approximate surface area is 83.7 Å². The second-order valence-corrected chi connectivity index (χ2v) is 3.64. The average Bonchev–Trinajstić information content (AvgIpc) is 2.18. The number of nitrogens with two attached hydrogens (primary N) is 1. The Bertz CT molecular complexity index is 338. The molecule has 2 heterocycles. The molecule has 14 heavy (non-hydrogen) atoms. The fourth-order valence-electron chi connectivity index (χ4n) is 1.52. The van der Waals surface area contributed by atoms with Crippen LogP contribution in [0.1, 0.15) is 18.7 Å². The molecule has 0 radical (unpaired) electrons. The van der Waals surface area contributed by atoms with E-state index in [0.717, 1.165) is 30.3 Å². The highest BCUT2D eigenvalue weighted by Crippen LogP contribution is 2.31. The largest absolute Gasteiger partial charge is 0.488 e. The molecule has 1 aliphatic heterocycles. The second-order valence-electron chi connectivity index (χ2n) is 3.64. The minimum Gasteiger partial charge on any atom is -0.488 e. The molecule has 1 aromatic heterocycles. The molecular weight excluding hydrogens is 178 g/mol. The highest BCUT2D eigenvalue weighted by atomic mass is 16.5. The van der Waals surface area contributed by atoms with Crippen LogP contribution in [0.2, 0.25) is 0 Å². The number of anilines is 1. The van der Waals surface area contributed by atoms with Gasteiger partial charge in [0.1, 0.15) is 6.61 Å². The third-order valence-electron chi connectivity index (χ3n) is 2.43. The van der Waals surface area contributed by atoms with Crippen LogP contribution in [0, 0.1) is 0 Å². The van der Waals surface area contributed by atoms with Gasteiger partial charge >= 0.3 is 0 Å². The van der Waals surface area contributed by atoms with Gasteiger partial charge in [-0.1, -0.05) is 0 Å². The van der Waals surface area contributed by atoms with Gasteiger partial charge < -0.3 is 15.4 Å². The Hall–Kier alpha value is -1.29. The second kappa shape index (κ2) is 3.46. The number of pyridine rings is 1. The molecule has 2 rings (SSSR count). The van der Waals surface area contributed by atoms with Crippen LogP contribution >= 0.6 is 0 Å². The summed E-state index contributed by atoms with van der Waals surface area (Å²) in [6.45, 7) is 3.57. The molecule has 1 aliphatic rings. The summed E-state index contributed by atoms with van der Waals surface area (Å²) >= 11 is 0. The van der Waals surface area contributed by atoms with Gasteiger partial charge in [0.2, 0.25) is 0 Å². The fraction of sp³-hybridized carbons (Fsp3) is 0.500. The van der Waals surface area contributed by atoms with Gasteiger partial charge in [-0.3, -0.25) is 4.98 Å². The van der Waals surface area contributed by atoms with E-state index in [2.05, 4.69) is 9.88 Å². The molecule has 4 heteroatoms. The summed E-state index contributed by atoms with van der Waals surface area (Å²) in [4.78, 5) is 6.41. The van der Waals surface area contributed by atoms with Crippen molar-refractivity contribution in [1.82, 2.24) is 4.98 Å². The summed E-state index contributed by atoms with van der Waals surface area (Å²) in [5.41, 5.74) is 7.76. The van der Waals surface area contributed by atoms with E-state index in [0.29, 0.717) is 0 Å². The van der Waals surface area contributed by atoms with E-state index < -0.39 is 0 Å². The van der Waals surface area contributed by atoms with Crippen LogP contribution in [0.25, 0.3) is 0 Å². The molecule has 0 spiro atoms. The van der Waals surface area contributed by atoms with Gasteiger partial charge in [-0.2, -0.15) is 0 Å². The Morgan fingerprint density at radius 3 is 3.14 bits per heavy atom. The Balaban J connectivity index is 2.41. The quantitative estimate of drug-likeness (QED) is 0.721. The number of nitrogens with zero attached hydrogens (tertiary/aromatic N) is 2. The Morgan fingerprint density at radius 1 is 1.64 bits per heavy atom. The van der Waals surface area contributed by atoms with Crippen molar-refractivity contribution in [1.29, 1.82) is 0 Å². The van der Waals surface area contributed by atoms with Gasteiger partial charge in [-0.15, -0.1) is 0 Å². The summed E-state index contributed by atoms with van der Waals surface area (Å²) in [6.07, 6.45) is 1.75. The van der Waals surface area contributed by atoms with Crippen LogP contribution in [0.15, 0.2) is 12.3 Å². The fourth-order valence-corrected chi connectivity index (χ4v) is 1.52. The van der Waals surface area contributed by atoms with E-state index in [-0.39, 0.29) is 6.04 Å². The summed E-state index contributed by atoms with van der Waals surface area (Å²) in [5, 5.41) is 0. The number of likely N-dealkylation sites (N-methyl/N-ethyl adjacent to an activating group) is 1. The highest BCUT2D eigenvalue weighted by molar-refractivity contribution is 5.59. The van der Waals surface area contributed by atoms with E-state index in [1.54, 1.807) is 6.20 Å². The lowest BCUT2D eigenvalue weighted by Gasteiger charge is -2.27. The normalized spacial score (nSPS) is 17.2. The van der Waals surface area contributed by atoms with Gasteiger partial charge in [-0.05, 0) is 13.0 Å². The molecule has 0 amide bonds. The lowest BCUT2D eigenvalue weighted by molar-refractivity contribution is 0.309. The van der Waals surface area contributed by atoms with E-state index in [1.165, 1.54) is 0 Å². The van der Waals surface area contributed by atoms with Crippen molar-refractivity contribution in [3.05, 3.63) is 18.0 Å². The van der Waals surface area contributed by atoms with Crippen molar-refractivity contribution >= 4 is 5.69 Å². The monoisotopic (exact) mass is 193 g/mol. The zero-order valence-corrected chi connectivity index (χ0v) is 8.53. The maximum absolute atomic E-state index is 5.77. The van der Waals surface area contributed by atoms with E-state index in [9.17, 15) is 0 Å². The van der Waals surface area contributed by atoms with Gasteiger partial charge in [0.15, 0.2) is 5.75 Å². The summed E-state index contributed by atoms with van der Waals surface area (Å²) in [5.74, 6) is 0.850. The topological polar surface area (TPSA) is 51.4 Å². The standard InChI is InChI=1S/C10H15N3O/c1-7(11)8-5-9-10(6-12-8)14-4-3-13(9)2/h5-7H,3-4,11H2,1-2H3. The lowest BCUT2D eigenvalue weighted by atomic mass is 10.2. The summed E-state index contributed by atoms with van der Waals surface area (Å²) in [6, 6.07) is 1.97. The first-order valence-corrected chi connectivity index (χ1v) is 4.78. The number of hydrogen-bond donors (Lipinski definition) is 1. The van der Waals surface area contributed by atoms with Crippen LogP contribution < -0.4 is 15.4 Å². The van der Waals surface area contributed by atoms with Gasteiger partial charge in [0, 0.05) is 13.1 Å². The Kier molecular flexibility index (Phi) is 2.29. The first kappa shape index (κ1) is 9.27. The number of rotatable bonds is 1. The maximum atomic E-state index is 5.77. The van der Waals surface area contributed by atoms with E-state index in [4.69, 9.17) is 10.5 Å². The summed E-state index contributed by atoms with van der Waals surface area (Å²) in [7, 11) is 2.05. The predicted octanol–water partition coefficient (Wildman–Crippen LogP) is 0.930. The van der Waals surface area contributed by atoms with Crippen molar-refractivity contribution < 1.29 is 4.74 Å². The van der Waals surface area contributed by atoms with Gasteiger partial charge in [0.05, 0.1) is 24.1 Å². The molecule has 0 aromatic carbocycles. The molecule has 0 fully saturated rings. The minimum atomic E-state index is -0.0318. The third kappa shape index (κ3) is 1.53. The third-order valence-corrected chi connectivity index (χ3v) is 2.43. The molecule has 0 saturated heterocycles. The molecule has 1 aromatic rings. The van der Waals surface area contributed by atoms with Crippen LogP contribution in [0.3, 0.4) is 0 Å². The minimum absolute atomic E-state index is 0.0318. The van der Waals surface area contributed by atoms with Crippen molar-refractivity contribution in [3.8, 4) is 5.75 Å². The number of ether oxygens (including phenoxy) is 1. The number of aromatic nitrogens is 1. The average molecular weight is 193 g/mol. The molecule has 0 bridgehead atoms. The van der Waals surface area contributed by atoms with Crippen LogP contribution in [0.5, 0.6) is 5.75 Å². The smallest absolute Gasteiger partial charge is 0.160 e. The molecule has 1 unspecified atom stereocenters. The first-order chi connectivity index (χ1) is 6.68. The maximum Gasteiger partial charge on any atom is 0.160 e. The molecular formula is C10H15N3O. The zero-order chi connectivity index (χ0) is 10.1. The molecule has 1 atom stereocenters. The van der Waals surface area contributed by atoms with E-state index >= 15 is 0 Å². The van der Waals surface area contributed by atoms with Gasteiger partial charge in [0.25, 0.3) is 0 Å². The molecule has 4 nitrogen and oxygen atoms in total. The van der Waals surface area contributed by atoms with Crippen molar-refractivity contribution in [2.24, 2.45) is 5.73 Å². The lowest BCUT2D eigenvalue weighted by Crippen LogP contribution is -2.29. The van der Waals surface area contributed by atoms with Gasteiger partial charge in [-0.25, -0.2) is 0 Å². The number of hydrogen-bond acceptors (Lipinski definition) is 4. The van der Waals surface area contributed by atoms with Crippen LogP contribution in [-0.4, -0.2) is 25.2 Å². The predicted molar refractivity (Wildman–Crippen MR) is 55.6 cm³/mol. The SMILES string of the molecule is CC(N)c1cc2c(cn1)OCCN2C. The van der Waals surface area contributed by atoms with E-state index in [1.807, 2.05) is 20.0 Å². The molecule has 0 saturated carbocycles. The number of fused-ring (bicyclic) bond motifs is 1.